The molecule has 0 bridgehead atoms. The third-order valence-electron chi connectivity index (χ3n) is 9.97. The number of piperidine rings is 2. The van der Waals surface area contributed by atoms with Gasteiger partial charge >= 0.3 is 0 Å². The first-order chi connectivity index (χ1) is 23.6. The van der Waals surface area contributed by atoms with E-state index in [1.807, 2.05) is 36.4 Å². The van der Waals surface area contributed by atoms with Crippen LogP contribution in [-0.2, 0) is 13.1 Å². The predicted octanol–water partition coefficient (Wildman–Crippen LogP) is 8.94. The van der Waals surface area contributed by atoms with E-state index >= 15 is 0 Å². The Kier molecular flexibility index (Phi) is 9.37. The summed E-state index contributed by atoms with van der Waals surface area (Å²) in [5.74, 6) is 2.89. The number of nitrogens with zero attached hydrogens (tertiary/aromatic N) is 4. The average molecular weight is 676 g/mol. The summed E-state index contributed by atoms with van der Waals surface area (Å²) in [6.07, 6.45) is 4.74. The summed E-state index contributed by atoms with van der Waals surface area (Å²) in [7, 11) is 0. The summed E-state index contributed by atoms with van der Waals surface area (Å²) in [6.45, 7) is 6.38. The van der Waals surface area contributed by atoms with Crippen molar-refractivity contribution in [3.63, 3.8) is 0 Å². The summed E-state index contributed by atoms with van der Waals surface area (Å²) in [4.78, 5) is 14.3. The third-order valence-corrected chi connectivity index (χ3v) is 11.8. The summed E-state index contributed by atoms with van der Waals surface area (Å²) in [6, 6.07) is 33.5. The molecule has 0 saturated carbocycles. The number of fused-ring (bicyclic) bond motifs is 2. The first-order valence-corrected chi connectivity index (χ1v) is 18.7. The van der Waals surface area contributed by atoms with E-state index < -0.39 is 0 Å². The SMILES string of the molecule is NC(C1CCN(Cc2ccc(Oc3nc4ccccc4s3)cc2)CC1)C1CCN(Cc2ccc(Oc3nc4ccccc4s3)cc2)CC1. The molecule has 2 aromatic heterocycles. The average Bonchev–Trinajstić information content (AvgIpc) is 3.73. The molecule has 48 heavy (non-hydrogen) atoms. The normalized spacial score (nSPS) is 17.0. The van der Waals surface area contributed by atoms with Crippen LogP contribution in [0.4, 0.5) is 0 Å². The van der Waals surface area contributed by atoms with Gasteiger partial charge in [0.05, 0.1) is 20.4 Å². The molecule has 0 radical (unpaired) electrons. The van der Waals surface area contributed by atoms with Crippen LogP contribution in [0, 0.1) is 11.8 Å². The largest absolute Gasteiger partial charge is 0.431 e. The fourth-order valence-corrected chi connectivity index (χ4v) is 8.88. The van der Waals surface area contributed by atoms with Gasteiger partial charge in [0.25, 0.3) is 10.4 Å². The van der Waals surface area contributed by atoms with Crippen molar-refractivity contribution in [1.29, 1.82) is 0 Å². The van der Waals surface area contributed by atoms with Crippen LogP contribution in [0.25, 0.3) is 20.4 Å². The maximum absolute atomic E-state index is 6.95. The van der Waals surface area contributed by atoms with E-state index in [-0.39, 0.29) is 0 Å². The number of para-hydroxylation sites is 2. The van der Waals surface area contributed by atoms with Gasteiger partial charge in [0, 0.05) is 19.1 Å². The maximum atomic E-state index is 6.95. The third kappa shape index (κ3) is 7.41. The van der Waals surface area contributed by atoms with Crippen molar-refractivity contribution in [2.75, 3.05) is 26.2 Å². The Bertz CT molecular complexity index is 1730. The molecule has 9 heteroatoms. The molecule has 6 aromatic rings. The zero-order valence-corrected chi connectivity index (χ0v) is 28.7. The van der Waals surface area contributed by atoms with Crippen molar-refractivity contribution < 1.29 is 9.47 Å². The van der Waals surface area contributed by atoms with Crippen molar-refractivity contribution in [2.24, 2.45) is 17.6 Å². The second-order valence-electron chi connectivity index (χ2n) is 13.2. The van der Waals surface area contributed by atoms with Crippen molar-refractivity contribution in [3.05, 3.63) is 108 Å². The second-order valence-corrected chi connectivity index (χ2v) is 15.2. The molecule has 8 rings (SSSR count). The molecule has 0 unspecified atom stereocenters. The molecule has 2 aliphatic heterocycles. The molecule has 0 amide bonds. The zero-order valence-electron chi connectivity index (χ0n) is 27.0. The number of nitrogens with two attached hydrogens (primary N) is 1. The molecule has 7 nitrogen and oxygen atoms in total. The highest BCUT2D eigenvalue weighted by Crippen LogP contribution is 2.34. The van der Waals surface area contributed by atoms with E-state index in [0.717, 1.165) is 71.2 Å². The molecule has 2 fully saturated rings. The highest BCUT2D eigenvalue weighted by atomic mass is 32.1. The monoisotopic (exact) mass is 675 g/mol. The van der Waals surface area contributed by atoms with Gasteiger partial charge in [-0.1, -0.05) is 71.2 Å². The summed E-state index contributed by atoms with van der Waals surface area (Å²) < 4.78 is 14.4. The van der Waals surface area contributed by atoms with Gasteiger partial charge in [0.15, 0.2) is 0 Å². The molecular weight excluding hydrogens is 635 g/mol. The second kappa shape index (κ2) is 14.3. The fraction of sp³-hybridized carbons (Fsp3) is 0.333. The minimum absolute atomic E-state index is 0.298. The highest BCUT2D eigenvalue weighted by molar-refractivity contribution is 7.20. The summed E-state index contributed by atoms with van der Waals surface area (Å²) in [5.41, 5.74) is 11.5. The van der Waals surface area contributed by atoms with Crippen LogP contribution < -0.4 is 15.2 Å². The van der Waals surface area contributed by atoms with Crippen LogP contribution in [0.2, 0.25) is 0 Å². The molecule has 2 saturated heterocycles. The van der Waals surface area contributed by atoms with Crippen molar-refractivity contribution in [2.45, 2.75) is 44.8 Å². The van der Waals surface area contributed by atoms with Gasteiger partial charge in [0.1, 0.15) is 11.5 Å². The minimum atomic E-state index is 0.298. The molecule has 2 aliphatic rings. The molecular formula is C39H41N5O2S2. The van der Waals surface area contributed by atoms with E-state index in [4.69, 9.17) is 15.2 Å². The van der Waals surface area contributed by atoms with Crippen molar-refractivity contribution >= 4 is 43.1 Å². The van der Waals surface area contributed by atoms with E-state index in [2.05, 4.69) is 80.4 Å². The number of benzene rings is 4. The molecule has 4 aromatic carbocycles. The lowest BCUT2D eigenvalue weighted by Gasteiger charge is -2.41. The molecule has 0 aliphatic carbocycles. The van der Waals surface area contributed by atoms with Crippen LogP contribution in [0.15, 0.2) is 97.1 Å². The van der Waals surface area contributed by atoms with Gasteiger partial charge in [-0.25, -0.2) is 9.97 Å². The Balaban J connectivity index is 0.756. The summed E-state index contributed by atoms with van der Waals surface area (Å²) >= 11 is 3.16. The zero-order chi connectivity index (χ0) is 32.3. The number of hydrogen-bond donors (Lipinski definition) is 1. The molecule has 246 valence electrons. The Labute approximate surface area is 290 Å². The van der Waals surface area contributed by atoms with Gasteiger partial charge in [-0.3, -0.25) is 9.80 Å². The number of likely N-dealkylation sites (tertiary alicyclic amines) is 2. The quantitative estimate of drug-likeness (QED) is 0.155. The first kappa shape index (κ1) is 31.4. The number of thiazole rings is 2. The molecule has 0 atom stereocenters. The minimum Gasteiger partial charge on any atom is -0.431 e. The van der Waals surface area contributed by atoms with E-state index in [0.29, 0.717) is 28.3 Å². The number of rotatable bonds is 10. The van der Waals surface area contributed by atoms with Gasteiger partial charge in [0.2, 0.25) is 0 Å². The van der Waals surface area contributed by atoms with Crippen LogP contribution in [0.1, 0.15) is 36.8 Å². The van der Waals surface area contributed by atoms with Crippen LogP contribution in [0.3, 0.4) is 0 Å². The van der Waals surface area contributed by atoms with E-state index in [1.165, 1.54) is 36.8 Å². The first-order valence-electron chi connectivity index (χ1n) is 17.1. The van der Waals surface area contributed by atoms with Gasteiger partial charge in [-0.05, 0) is 123 Å². The van der Waals surface area contributed by atoms with Crippen LogP contribution in [0.5, 0.6) is 21.9 Å². The standard InChI is InChI=1S/C39H41N5O2S2/c40-37(29-17-21-43(22-18-29)25-27-9-13-31(14-10-27)45-38-41-33-5-1-3-7-35(33)47-38)30-19-23-44(24-20-30)26-28-11-15-32(16-12-28)46-39-42-34-6-2-4-8-36(34)48-39/h1-16,29-30,37H,17-26,40H2. The summed E-state index contributed by atoms with van der Waals surface area (Å²) in [5, 5.41) is 1.37. The van der Waals surface area contributed by atoms with Crippen LogP contribution >= 0.6 is 22.7 Å². The van der Waals surface area contributed by atoms with Gasteiger partial charge < -0.3 is 15.2 Å². The lowest BCUT2D eigenvalue weighted by atomic mass is 9.78. The van der Waals surface area contributed by atoms with Gasteiger partial charge in [-0.15, -0.1) is 0 Å². The lowest BCUT2D eigenvalue weighted by molar-refractivity contribution is 0.109. The Morgan fingerprint density at radius 3 is 1.38 bits per heavy atom. The Morgan fingerprint density at radius 1 is 0.583 bits per heavy atom. The van der Waals surface area contributed by atoms with E-state index in [9.17, 15) is 0 Å². The smallest absolute Gasteiger partial charge is 0.279 e. The maximum Gasteiger partial charge on any atom is 0.279 e. The Morgan fingerprint density at radius 2 is 0.979 bits per heavy atom. The lowest BCUT2D eigenvalue weighted by Crippen LogP contribution is -2.47. The van der Waals surface area contributed by atoms with Gasteiger partial charge in [-0.2, -0.15) is 0 Å². The number of aromatic nitrogens is 2. The molecule has 4 heterocycles. The predicted molar refractivity (Wildman–Crippen MR) is 196 cm³/mol. The Hall–Kier alpha value is -3.86. The van der Waals surface area contributed by atoms with Crippen LogP contribution in [-0.4, -0.2) is 52.0 Å². The van der Waals surface area contributed by atoms with Crippen molar-refractivity contribution in [3.8, 4) is 21.9 Å². The fourth-order valence-electron chi connectivity index (χ4n) is 7.21. The molecule has 2 N–H and O–H groups in total. The van der Waals surface area contributed by atoms with Crippen molar-refractivity contribution in [1.82, 2.24) is 19.8 Å². The number of hydrogen-bond acceptors (Lipinski definition) is 9. The molecule has 0 spiro atoms. The number of ether oxygens (including phenoxy) is 2. The highest BCUT2D eigenvalue weighted by Gasteiger charge is 2.32. The topological polar surface area (TPSA) is 76.7 Å². The van der Waals surface area contributed by atoms with E-state index in [1.54, 1.807) is 22.7 Å².